The predicted molar refractivity (Wildman–Crippen MR) is 130 cm³/mol. The van der Waals surface area contributed by atoms with Gasteiger partial charge in [-0.1, -0.05) is 42.0 Å². The number of fused-ring (bicyclic) bond motifs is 2. The Bertz CT molecular complexity index is 1400. The lowest BCUT2D eigenvalue weighted by Gasteiger charge is -2.26. The van der Waals surface area contributed by atoms with E-state index in [1.54, 1.807) is 10.6 Å². The summed E-state index contributed by atoms with van der Waals surface area (Å²) in [7, 11) is 0. The minimum atomic E-state index is -0.261. The third kappa shape index (κ3) is 4.50. The Balaban J connectivity index is 1.30. The number of benzene rings is 3. The fourth-order valence-corrected chi connectivity index (χ4v) is 4.01. The molecule has 0 bridgehead atoms. The van der Waals surface area contributed by atoms with Gasteiger partial charge in [0.25, 0.3) is 5.56 Å². The lowest BCUT2D eigenvalue weighted by atomic mass is 10.2. The molecule has 1 aromatic heterocycles. The number of para-hydroxylation sites is 3. The summed E-state index contributed by atoms with van der Waals surface area (Å²) in [5.74, 6) is 1.80. The summed E-state index contributed by atoms with van der Waals surface area (Å²) in [6, 6.07) is 22.5. The molecular formula is C27H25N3O4. The minimum absolute atomic E-state index is 0.139. The first-order valence-corrected chi connectivity index (χ1v) is 11.3. The Morgan fingerprint density at radius 1 is 1.03 bits per heavy atom. The average molecular weight is 456 g/mol. The first-order chi connectivity index (χ1) is 16.6. The number of nitrogens with zero attached hydrogens (tertiary/aromatic N) is 2. The van der Waals surface area contributed by atoms with Crippen molar-refractivity contribution in [1.29, 1.82) is 0 Å². The molecule has 0 radical (unpaired) electrons. The number of ether oxygens (including phenoxy) is 2. The first-order valence-electron chi connectivity index (χ1n) is 11.3. The third-order valence-corrected chi connectivity index (χ3v) is 5.81. The van der Waals surface area contributed by atoms with Gasteiger partial charge in [0.05, 0.1) is 23.1 Å². The second kappa shape index (κ2) is 9.39. The highest BCUT2D eigenvalue weighted by Crippen LogP contribution is 2.30. The summed E-state index contributed by atoms with van der Waals surface area (Å²) < 4.78 is 13.2. The number of rotatable bonds is 6. The monoisotopic (exact) mass is 455 g/mol. The molecule has 1 amide bonds. The van der Waals surface area contributed by atoms with Crippen molar-refractivity contribution in [2.24, 2.45) is 0 Å². The quantitative estimate of drug-likeness (QED) is 0.481. The van der Waals surface area contributed by atoms with Crippen molar-refractivity contribution < 1.29 is 14.3 Å². The van der Waals surface area contributed by atoms with E-state index in [-0.39, 0.29) is 24.0 Å². The molecule has 0 fully saturated rings. The zero-order valence-corrected chi connectivity index (χ0v) is 18.9. The van der Waals surface area contributed by atoms with Gasteiger partial charge in [-0.05, 0) is 43.3 Å². The van der Waals surface area contributed by atoms with Gasteiger partial charge in [0.1, 0.15) is 18.5 Å². The minimum Gasteiger partial charge on any atom is -0.486 e. The molecule has 1 atom stereocenters. The average Bonchev–Trinajstić information content (AvgIpc) is 2.87. The van der Waals surface area contributed by atoms with E-state index in [1.807, 2.05) is 73.7 Å². The van der Waals surface area contributed by atoms with E-state index in [0.29, 0.717) is 47.8 Å². The number of hydrogen-bond acceptors (Lipinski definition) is 5. The summed E-state index contributed by atoms with van der Waals surface area (Å²) in [5.41, 5.74) is 2.31. The summed E-state index contributed by atoms with van der Waals surface area (Å²) in [5, 5.41) is 3.46. The van der Waals surface area contributed by atoms with Crippen molar-refractivity contribution in [2.45, 2.75) is 25.9 Å². The SMILES string of the molecule is Cc1ccc(-n2c(CCC(=O)NCC3COc4ccccc4O3)nc3ccccc3c2=O)cc1. The Morgan fingerprint density at radius 3 is 2.59 bits per heavy atom. The molecule has 1 aliphatic heterocycles. The summed E-state index contributed by atoms with van der Waals surface area (Å²) >= 11 is 0. The number of aryl methyl sites for hydroxylation is 2. The van der Waals surface area contributed by atoms with E-state index >= 15 is 0 Å². The lowest BCUT2D eigenvalue weighted by molar-refractivity contribution is -0.121. The molecule has 2 heterocycles. The largest absolute Gasteiger partial charge is 0.486 e. The van der Waals surface area contributed by atoms with Gasteiger partial charge in [-0.15, -0.1) is 0 Å². The molecule has 0 saturated heterocycles. The van der Waals surface area contributed by atoms with Crippen LogP contribution in [0.3, 0.4) is 0 Å². The van der Waals surface area contributed by atoms with Gasteiger partial charge < -0.3 is 14.8 Å². The highest BCUT2D eigenvalue weighted by atomic mass is 16.6. The van der Waals surface area contributed by atoms with Gasteiger partial charge in [-0.3, -0.25) is 14.2 Å². The number of amides is 1. The zero-order valence-electron chi connectivity index (χ0n) is 18.9. The van der Waals surface area contributed by atoms with Crippen LogP contribution >= 0.6 is 0 Å². The fourth-order valence-electron chi connectivity index (χ4n) is 4.01. The van der Waals surface area contributed by atoms with Crippen molar-refractivity contribution in [3.63, 3.8) is 0 Å². The number of carbonyl (C=O) groups excluding carboxylic acids is 1. The molecular weight excluding hydrogens is 430 g/mol. The van der Waals surface area contributed by atoms with Crippen LogP contribution in [0.15, 0.2) is 77.6 Å². The molecule has 1 aliphatic rings. The molecule has 0 saturated carbocycles. The number of nitrogens with one attached hydrogen (secondary N) is 1. The fraction of sp³-hybridized carbons (Fsp3) is 0.222. The van der Waals surface area contributed by atoms with Gasteiger partial charge in [0.15, 0.2) is 11.5 Å². The maximum absolute atomic E-state index is 13.3. The van der Waals surface area contributed by atoms with Crippen molar-refractivity contribution in [2.75, 3.05) is 13.2 Å². The van der Waals surface area contributed by atoms with Gasteiger partial charge in [-0.25, -0.2) is 4.98 Å². The van der Waals surface area contributed by atoms with Crippen LogP contribution in [0.2, 0.25) is 0 Å². The van der Waals surface area contributed by atoms with E-state index in [9.17, 15) is 9.59 Å². The molecule has 34 heavy (non-hydrogen) atoms. The van der Waals surface area contributed by atoms with Crippen molar-refractivity contribution in [3.05, 3.63) is 94.5 Å². The molecule has 4 aromatic rings. The number of aromatic nitrogens is 2. The van der Waals surface area contributed by atoms with Gasteiger partial charge in [-0.2, -0.15) is 0 Å². The van der Waals surface area contributed by atoms with E-state index in [1.165, 1.54) is 0 Å². The van der Waals surface area contributed by atoms with Crippen molar-refractivity contribution in [1.82, 2.24) is 14.9 Å². The Kier molecular flexibility index (Phi) is 5.99. The molecule has 1 unspecified atom stereocenters. The lowest BCUT2D eigenvalue weighted by Crippen LogP contribution is -2.40. The molecule has 0 spiro atoms. The third-order valence-electron chi connectivity index (χ3n) is 5.81. The van der Waals surface area contributed by atoms with Gasteiger partial charge in [0, 0.05) is 12.8 Å². The second-order valence-electron chi connectivity index (χ2n) is 8.32. The van der Waals surface area contributed by atoms with Crippen LogP contribution < -0.4 is 20.3 Å². The Morgan fingerprint density at radius 2 is 1.76 bits per heavy atom. The molecule has 3 aromatic carbocycles. The van der Waals surface area contributed by atoms with Crippen LogP contribution in [0.5, 0.6) is 11.5 Å². The summed E-state index contributed by atoms with van der Waals surface area (Å²) in [6.07, 6.45) is 0.259. The van der Waals surface area contributed by atoms with E-state index in [4.69, 9.17) is 14.5 Å². The van der Waals surface area contributed by atoms with Crippen molar-refractivity contribution in [3.8, 4) is 17.2 Å². The highest BCUT2D eigenvalue weighted by molar-refractivity contribution is 5.78. The Labute approximate surface area is 197 Å². The summed E-state index contributed by atoms with van der Waals surface area (Å²) in [6.45, 7) is 2.70. The van der Waals surface area contributed by atoms with Crippen LogP contribution in [-0.2, 0) is 11.2 Å². The van der Waals surface area contributed by atoms with Crippen LogP contribution in [0.1, 0.15) is 17.8 Å². The first kappa shape index (κ1) is 21.7. The second-order valence-corrected chi connectivity index (χ2v) is 8.32. The topological polar surface area (TPSA) is 82.5 Å². The standard InChI is InChI=1S/C27H25N3O4/c1-18-10-12-19(13-11-18)30-25(29-22-7-3-2-6-21(22)27(30)32)14-15-26(31)28-16-20-17-33-23-8-4-5-9-24(23)34-20/h2-13,20H,14-17H2,1H3,(H,28,31). The van der Waals surface area contributed by atoms with Crippen LogP contribution in [0.25, 0.3) is 16.6 Å². The highest BCUT2D eigenvalue weighted by Gasteiger charge is 2.21. The zero-order chi connectivity index (χ0) is 23.5. The Hall–Kier alpha value is -4.13. The summed E-state index contributed by atoms with van der Waals surface area (Å²) in [4.78, 5) is 30.6. The smallest absolute Gasteiger partial charge is 0.265 e. The normalized spacial score (nSPS) is 14.7. The van der Waals surface area contributed by atoms with E-state index in [2.05, 4.69) is 5.32 Å². The molecule has 7 nitrogen and oxygen atoms in total. The van der Waals surface area contributed by atoms with Crippen LogP contribution in [0, 0.1) is 6.92 Å². The van der Waals surface area contributed by atoms with Gasteiger partial charge in [0.2, 0.25) is 5.91 Å². The number of hydrogen-bond donors (Lipinski definition) is 1. The van der Waals surface area contributed by atoms with E-state index in [0.717, 1.165) is 11.3 Å². The van der Waals surface area contributed by atoms with Crippen LogP contribution in [0.4, 0.5) is 0 Å². The van der Waals surface area contributed by atoms with Crippen molar-refractivity contribution >= 4 is 16.8 Å². The van der Waals surface area contributed by atoms with Crippen LogP contribution in [-0.4, -0.2) is 34.7 Å². The van der Waals surface area contributed by atoms with E-state index < -0.39 is 0 Å². The molecule has 172 valence electrons. The number of carbonyl (C=O) groups is 1. The molecule has 0 aliphatic carbocycles. The van der Waals surface area contributed by atoms with Gasteiger partial charge >= 0.3 is 0 Å². The molecule has 7 heteroatoms. The predicted octanol–water partition coefficient (Wildman–Crippen LogP) is 3.58. The molecule has 1 N–H and O–H groups in total. The maximum atomic E-state index is 13.3. The molecule has 5 rings (SSSR count). The maximum Gasteiger partial charge on any atom is 0.265 e.